The number of nitrogens with zero attached hydrogens (tertiary/aromatic N) is 3. The quantitative estimate of drug-likeness (QED) is 0.814. The largest absolute Gasteiger partial charge is 0.469 e. The van der Waals surface area contributed by atoms with Crippen LogP contribution in [-0.4, -0.2) is 36.1 Å². The van der Waals surface area contributed by atoms with Gasteiger partial charge in [-0.2, -0.15) is 0 Å². The number of hydrogen-bond acceptors (Lipinski definition) is 5. The lowest BCUT2D eigenvalue weighted by Gasteiger charge is -2.33. The molecule has 3 rings (SSSR count). The van der Waals surface area contributed by atoms with Crippen molar-refractivity contribution in [1.29, 1.82) is 0 Å². The van der Waals surface area contributed by atoms with E-state index in [1.807, 2.05) is 17.0 Å². The molecule has 1 aliphatic heterocycles. The number of ether oxygens (including phenoxy) is 1. The van der Waals surface area contributed by atoms with Gasteiger partial charge in [0, 0.05) is 18.5 Å². The number of anilines is 1. The summed E-state index contributed by atoms with van der Waals surface area (Å²) in [7, 11) is 1.36. The van der Waals surface area contributed by atoms with Crippen molar-refractivity contribution in [3.8, 4) is 0 Å². The molecule has 2 aromatic rings. The van der Waals surface area contributed by atoms with E-state index in [0.29, 0.717) is 29.8 Å². The molecule has 23 heavy (non-hydrogen) atoms. The molecule has 0 spiro atoms. The molecule has 0 radical (unpaired) electrons. The number of fused-ring (bicyclic) bond motifs is 1. The molecule has 1 atom stereocenters. The van der Waals surface area contributed by atoms with Crippen molar-refractivity contribution in [2.45, 2.75) is 19.3 Å². The Kier molecular flexibility index (Phi) is 4.36. The number of methoxy groups -OCH3 is 1. The topological polar surface area (TPSA) is 55.3 Å². The van der Waals surface area contributed by atoms with E-state index in [4.69, 9.17) is 4.74 Å². The first kappa shape index (κ1) is 15.6. The standard InChI is InChI=1S/C16H17F2N3O2/c1-23-16(22)10-5-4-8-21(9-10)15-11-6-2-3-7-12(11)19-14(20-15)13(17)18/h2-3,6-7,10,13H,4-5,8-9H2,1H3/t10-/m0/s1. The minimum absolute atomic E-state index is 0.266. The molecule has 1 saturated heterocycles. The van der Waals surface area contributed by atoms with E-state index < -0.39 is 12.2 Å². The summed E-state index contributed by atoms with van der Waals surface area (Å²) in [6.07, 6.45) is -1.23. The van der Waals surface area contributed by atoms with Gasteiger partial charge in [-0.25, -0.2) is 18.7 Å². The Morgan fingerprint density at radius 3 is 2.87 bits per heavy atom. The highest BCUT2D eigenvalue weighted by Gasteiger charge is 2.29. The maximum Gasteiger partial charge on any atom is 0.310 e. The van der Waals surface area contributed by atoms with Crippen molar-refractivity contribution in [2.75, 3.05) is 25.1 Å². The molecule has 122 valence electrons. The lowest BCUT2D eigenvalue weighted by Crippen LogP contribution is -2.39. The van der Waals surface area contributed by atoms with Gasteiger partial charge in [0.25, 0.3) is 6.43 Å². The molecule has 5 nitrogen and oxygen atoms in total. The summed E-state index contributed by atoms with van der Waals surface area (Å²) in [5, 5.41) is 0.711. The number of alkyl halides is 2. The molecule has 0 bridgehead atoms. The summed E-state index contributed by atoms with van der Waals surface area (Å²) in [6, 6.07) is 7.07. The highest BCUT2D eigenvalue weighted by Crippen LogP contribution is 2.30. The summed E-state index contributed by atoms with van der Waals surface area (Å²) in [6.45, 7) is 1.08. The highest BCUT2D eigenvalue weighted by atomic mass is 19.3. The average Bonchev–Trinajstić information content (AvgIpc) is 2.60. The van der Waals surface area contributed by atoms with Gasteiger partial charge in [-0.1, -0.05) is 12.1 Å². The first-order chi connectivity index (χ1) is 11.1. The number of carbonyl (C=O) groups is 1. The van der Waals surface area contributed by atoms with Crippen molar-refractivity contribution in [3.63, 3.8) is 0 Å². The van der Waals surface area contributed by atoms with Crippen LogP contribution < -0.4 is 4.90 Å². The average molecular weight is 321 g/mol. The summed E-state index contributed by atoms with van der Waals surface area (Å²) >= 11 is 0. The third kappa shape index (κ3) is 3.09. The van der Waals surface area contributed by atoms with Crippen LogP contribution in [0.1, 0.15) is 25.1 Å². The van der Waals surface area contributed by atoms with E-state index >= 15 is 0 Å². The van der Waals surface area contributed by atoms with E-state index in [1.54, 1.807) is 12.1 Å². The predicted octanol–water partition coefficient (Wildman–Crippen LogP) is 2.96. The van der Waals surface area contributed by atoms with E-state index in [2.05, 4.69) is 9.97 Å². The van der Waals surface area contributed by atoms with Crippen LogP contribution in [0.4, 0.5) is 14.6 Å². The molecule has 2 heterocycles. The number of para-hydroxylation sites is 1. The Balaban J connectivity index is 2.02. The zero-order valence-electron chi connectivity index (χ0n) is 12.7. The third-order valence-electron chi connectivity index (χ3n) is 4.05. The van der Waals surface area contributed by atoms with Gasteiger partial charge in [-0.3, -0.25) is 4.79 Å². The minimum atomic E-state index is -2.74. The Morgan fingerprint density at radius 2 is 2.13 bits per heavy atom. The van der Waals surface area contributed by atoms with Gasteiger partial charge < -0.3 is 9.64 Å². The van der Waals surface area contributed by atoms with Crippen molar-refractivity contribution >= 4 is 22.7 Å². The maximum absolute atomic E-state index is 13.1. The van der Waals surface area contributed by atoms with Gasteiger partial charge in [0.05, 0.1) is 18.5 Å². The fourth-order valence-corrected chi connectivity index (χ4v) is 2.94. The molecular formula is C16H17F2N3O2. The molecular weight excluding hydrogens is 304 g/mol. The van der Waals surface area contributed by atoms with E-state index in [-0.39, 0.29) is 11.9 Å². The number of halogens is 2. The van der Waals surface area contributed by atoms with Gasteiger partial charge in [0.2, 0.25) is 0 Å². The number of piperidine rings is 1. The number of carbonyl (C=O) groups excluding carboxylic acids is 1. The Hall–Kier alpha value is -2.31. The van der Waals surface area contributed by atoms with Gasteiger partial charge in [-0.05, 0) is 25.0 Å². The Bertz CT molecular complexity index is 724. The summed E-state index contributed by atoms with van der Waals surface area (Å²) < 4.78 is 31.0. The molecule has 1 aromatic heterocycles. The van der Waals surface area contributed by atoms with Crippen molar-refractivity contribution in [1.82, 2.24) is 9.97 Å². The molecule has 1 fully saturated rings. The fraction of sp³-hybridized carbons (Fsp3) is 0.438. The van der Waals surface area contributed by atoms with Crippen LogP contribution in [0.2, 0.25) is 0 Å². The Labute approximate surface area is 132 Å². The first-order valence-electron chi connectivity index (χ1n) is 7.47. The van der Waals surface area contributed by atoms with Gasteiger partial charge in [-0.15, -0.1) is 0 Å². The molecule has 7 heteroatoms. The number of rotatable bonds is 3. The molecule has 0 amide bonds. The van der Waals surface area contributed by atoms with Crippen LogP contribution in [0.15, 0.2) is 24.3 Å². The maximum atomic E-state index is 13.1. The number of benzene rings is 1. The molecule has 0 saturated carbocycles. The normalized spacial score (nSPS) is 18.4. The smallest absolute Gasteiger partial charge is 0.310 e. The van der Waals surface area contributed by atoms with Crippen molar-refractivity contribution in [3.05, 3.63) is 30.1 Å². The monoisotopic (exact) mass is 321 g/mol. The van der Waals surface area contributed by atoms with E-state index in [1.165, 1.54) is 7.11 Å². The zero-order valence-corrected chi connectivity index (χ0v) is 12.7. The van der Waals surface area contributed by atoms with Crippen molar-refractivity contribution < 1.29 is 18.3 Å². The molecule has 0 N–H and O–H groups in total. The van der Waals surface area contributed by atoms with Gasteiger partial charge >= 0.3 is 5.97 Å². The highest BCUT2D eigenvalue weighted by molar-refractivity contribution is 5.89. The summed E-state index contributed by atoms with van der Waals surface area (Å²) in [5.41, 5.74) is 0.480. The summed E-state index contributed by atoms with van der Waals surface area (Å²) in [4.78, 5) is 21.6. The molecule has 0 unspecified atom stereocenters. The molecule has 1 aromatic carbocycles. The number of hydrogen-bond donors (Lipinski definition) is 0. The van der Waals surface area contributed by atoms with E-state index in [9.17, 15) is 13.6 Å². The second-order valence-electron chi connectivity index (χ2n) is 5.53. The second kappa shape index (κ2) is 6.44. The lowest BCUT2D eigenvalue weighted by molar-refractivity contribution is -0.145. The van der Waals surface area contributed by atoms with Crippen molar-refractivity contribution in [2.24, 2.45) is 5.92 Å². The van der Waals surface area contributed by atoms with Crippen LogP contribution in [0.3, 0.4) is 0 Å². The fourth-order valence-electron chi connectivity index (χ4n) is 2.94. The molecule has 1 aliphatic rings. The van der Waals surface area contributed by atoms with E-state index in [0.717, 1.165) is 12.8 Å². The van der Waals surface area contributed by atoms with Gasteiger partial charge in [0.15, 0.2) is 5.82 Å². The lowest BCUT2D eigenvalue weighted by atomic mass is 9.98. The Morgan fingerprint density at radius 1 is 1.35 bits per heavy atom. The van der Waals surface area contributed by atoms with Crippen LogP contribution >= 0.6 is 0 Å². The van der Waals surface area contributed by atoms with Crippen LogP contribution in [-0.2, 0) is 9.53 Å². The zero-order chi connectivity index (χ0) is 16.4. The number of esters is 1. The predicted molar refractivity (Wildman–Crippen MR) is 81.4 cm³/mol. The van der Waals surface area contributed by atoms with Gasteiger partial charge in [0.1, 0.15) is 5.82 Å². The SMILES string of the molecule is COC(=O)[C@H]1CCCN(c2nc(C(F)F)nc3ccccc23)C1. The number of aromatic nitrogens is 2. The van der Waals surface area contributed by atoms with Crippen LogP contribution in [0.5, 0.6) is 0 Å². The first-order valence-corrected chi connectivity index (χ1v) is 7.47. The van der Waals surface area contributed by atoms with Crippen LogP contribution in [0.25, 0.3) is 10.9 Å². The molecule has 0 aliphatic carbocycles. The third-order valence-corrected chi connectivity index (χ3v) is 4.05. The van der Waals surface area contributed by atoms with Crippen LogP contribution in [0, 0.1) is 5.92 Å². The minimum Gasteiger partial charge on any atom is -0.469 e. The summed E-state index contributed by atoms with van der Waals surface area (Å²) in [5.74, 6) is -0.571. The second-order valence-corrected chi connectivity index (χ2v) is 5.53.